The smallest absolute Gasteiger partial charge is 0.279 e. The molecule has 2 rings (SSSR count). The van der Waals surface area contributed by atoms with Crippen LogP contribution in [0.3, 0.4) is 0 Å². The summed E-state index contributed by atoms with van der Waals surface area (Å²) in [6, 6.07) is 7.77. The Bertz CT molecular complexity index is 579. The lowest BCUT2D eigenvalue weighted by Gasteiger charge is -2.33. The Balaban J connectivity index is 1.99. The van der Waals surface area contributed by atoms with Crippen molar-refractivity contribution < 1.29 is 13.2 Å². The van der Waals surface area contributed by atoms with Gasteiger partial charge in [0, 0.05) is 26.7 Å². The molecule has 5 nitrogen and oxygen atoms in total. The van der Waals surface area contributed by atoms with Crippen molar-refractivity contribution in [1.82, 2.24) is 9.03 Å². The van der Waals surface area contributed by atoms with E-state index in [0.717, 1.165) is 17.5 Å². The summed E-state index contributed by atoms with van der Waals surface area (Å²) >= 11 is 0. The largest absolute Gasteiger partial charge is 0.380 e. The minimum atomic E-state index is -3.42. The maximum Gasteiger partial charge on any atom is 0.279 e. The molecule has 0 aliphatic carbocycles. The Morgan fingerprint density at radius 3 is 2.50 bits per heavy atom. The minimum Gasteiger partial charge on any atom is -0.380 e. The molecular formula is C16H26N2O3S. The van der Waals surface area contributed by atoms with E-state index < -0.39 is 10.2 Å². The van der Waals surface area contributed by atoms with Crippen molar-refractivity contribution in [2.75, 3.05) is 20.2 Å². The van der Waals surface area contributed by atoms with E-state index in [-0.39, 0.29) is 0 Å². The molecule has 1 aromatic carbocycles. The van der Waals surface area contributed by atoms with Gasteiger partial charge < -0.3 is 4.74 Å². The second-order valence-corrected chi connectivity index (χ2v) is 8.10. The highest BCUT2D eigenvalue weighted by molar-refractivity contribution is 7.87. The van der Waals surface area contributed by atoms with Gasteiger partial charge in [0.1, 0.15) is 0 Å². The standard InChI is InChI=1S/C16H26N2O3S/c1-13-7-14(2)11-18(10-13)22(19,20)17-9-15-5-4-6-16(8-15)12-21-3/h4-6,8,13-14,17H,7,9-12H2,1-3H3. The summed E-state index contributed by atoms with van der Waals surface area (Å²) < 4.78 is 34.3. The van der Waals surface area contributed by atoms with E-state index in [0.29, 0.717) is 38.1 Å². The first-order valence-electron chi connectivity index (χ1n) is 7.72. The van der Waals surface area contributed by atoms with E-state index >= 15 is 0 Å². The van der Waals surface area contributed by atoms with Crippen LogP contribution in [-0.4, -0.2) is 32.9 Å². The molecule has 0 aromatic heterocycles. The second kappa shape index (κ2) is 7.55. The van der Waals surface area contributed by atoms with E-state index in [2.05, 4.69) is 18.6 Å². The number of methoxy groups -OCH3 is 1. The fourth-order valence-corrected chi connectivity index (χ4v) is 4.50. The van der Waals surface area contributed by atoms with Crippen LogP contribution < -0.4 is 4.72 Å². The molecule has 1 N–H and O–H groups in total. The summed E-state index contributed by atoms with van der Waals surface area (Å²) in [6.07, 6.45) is 1.09. The lowest BCUT2D eigenvalue weighted by Crippen LogP contribution is -2.47. The second-order valence-electron chi connectivity index (χ2n) is 6.34. The number of nitrogens with zero attached hydrogens (tertiary/aromatic N) is 1. The number of ether oxygens (including phenoxy) is 1. The minimum absolute atomic E-state index is 0.305. The first kappa shape index (κ1) is 17.4. The van der Waals surface area contributed by atoms with E-state index in [1.807, 2.05) is 24.3 Å². The molecule has 1 fully saturated rings. The van der Waals surface area contributed by atoms with E-state index in [9.17, 15) is 8.42 Å². The summed E-state index contributed by atoms with van der Waals surface area (Å²) in [6.45, 7) is 6.24. The first-order valence-corrected chi connectivity index (χ1v) is 9.16. The number of nitrogens with one attached hydrogen (secondary N) is 1. The van der Waals surface area contributed by atoms with Crippen LogP contribution in [0.25, 0.3) is 0 Å². The van der Waals surface area contributed by atoms with Gasteiger partial charge in [-0.25, -0.2) is 0 Å². The van der Waals surface area contributed by atoms with E-state index in [1.165, 1.54) is 0 Å². The highest BCUT2D eigenvalue weighted by Gasteiger charge is 2.30. The SMILES string of the molecule is COCc1cccc(CNS(=O)(=O)N2CC(C)CC(C)C2)c1. The maximum atomic E-state index is 12.5. The number of rotatable bonds is 6. The van der Waals surface area contributed by atoms with Gasteiger partial charge in [-0.15, -0.1) is 0 Å². The lowest BCUT2D eigenvalue weighted by atomic mass is 9.94. The highest BCUT2D eigenvalue weighted by atomic mass is 32.2. The zero-order chi connectivity index (χ0) is 16.2. The van der Waals surface area contributed by atoms with Gasteiger partial charge in [-0.1, -0.05) is 38.1 Å². The van der Waals surface area contributed by atoms with Crippen LogP contribution in [0.4, 0.5) is 0 Å². The molecule has 0 amide bonds. The van der Waals surface area contributed by atoms with Gasteiger partial charge >= 0.3 is 0 Å². The van der Waals surface area contributed by atoms with Crippen molar-refractivity contribution in [1.29, 1.82) is 0 Å². The van der Waals surface area contributed by atoms with Crippen LogP contribution in [0.1, 0.15) is 31.4 Å². The molecule has 1 aromatic rings. The van der Waals surface area contributed by atoms with Crippen molar-refractivity contribution >= 4 is 10.2 Å². The molecule has 1 heterocycles. The van der Waals surface area contributed by atoms with Crippen LogP contribution >= 0.6 is 0 Å². The molecule has 0 saturated carbocycles. The monoisotopic (exact) mass is 326 g/mol. The summed E-state index contributed by atoms with van der Waals surface area (Å²) in [7, 11) is -1.77. The van der Waals surface area contributed by atoms with Crippen molar-refractivity contribution in [2.45, 2.75) is 33.4 Å². The third kappa shape index (κ3) is 4.78. The number of piperidine rings is 1. The maximum absolute atomic E-state index is 12.5. The summed E-state index contributed by atoms with van der Waals surface area (Å²) in [5.74, 6) is 0.815. The molecule has 124 valence electrons. The molecule has 1 aliphatic rings. The molecule has 0 bridgehead atoms. The number of hydrogen-bond acceptors (Lipinski definition) is 3. The van der Waals surface area contributed by atoms with Gasteiger partial charge in [-0.3, -0.25) is 0 Å². The average molecular weight is 326 g/mol. The Morgan fingerprint density at radius 2 is 1.86 bits per heavy atom. The van der Waals surface area contributed by atoms with Gasteiger partial charge in [0.15, 0.2) is 0 Å². The first-order chi connectivity index (χ1) is 10.4. The van der Waals surface area contributed by atoms with Gasteiger partial charge in [0.2, 0.25) is 0 Å². The van der Waals surface area contributed by atoms with Crippen molar-refractivity contribution in [3.8, 4) is 0 Å². The lowest BCUT2D eigenvalue weighted by molar-refractivity contribution is 0.185. The molecule has 1 aliphatic heterocycles. The molecule has 2 unspecified atom stereocenters. The van der Waals surface area contributed by atoms with Crippen LogP contribution in [-0.2, 0) is 28.1 Å². The van der Waals surface area contributed by atoms with E-state index in [1.54, 1.807) is 11.4 Å². The molecule has 0 spiro atoms. The molecule has 0 radical (unpaired) electrons. The van der Waals surface area contributed by atoms with Gasteiger partial charge in [0.05, 0.1) is 6.61 Å². The van der Waals surface area contributed by atoms with Gasteiger partial charge in [-0.2, -0.15) is 17.4 Å². The topological polar surface area (TPSA) is 58.6 Å². The predicted octanol–water partition coefficient (Wildman–Crippen LogP) is 2.15. The average Bonchev–Trinajstić information content (AvgIpc) is 2.45. The summed E-state index contributed by atoms with van der Waals surface area (Å²) in [5.41, 5.74) is 1.98. The number of benzene rings is 1. The molecule has 22 heavy (non-hydrogen) atoms. The fraction of sp³-hybridized carbons (Fsp3) is 0.625. The molecule has 2 atom stereocenters. The zero-order valence-electron chi connectivity index (χ0n) is 13.6. The fourth-order valence-electron chi connectivity index (χ4n) is 3.06. The van der Waals surface area contributed by atoms with Crippen LogP contribution in [0, 0.1) is 11.8 Å². The summed E-state index contributed by atoms with van der Waals surface area (Å²) in [4.78, 5) is 0. The van der Waals surface area contributed by atoms with Crippen molar-refractivity contribution in [3.63, 3.8) is 0 Å². The van der Waals surface area contributed by atoms with E-state index in [4.69, 9.17) is 4.74 Å². The van der Waals surface area contributed by atoms with Crippen LogP contribution in [0.15, 0.2) is 24.3 Å². The zero-order valence-corrected chi connectivity index (χ0v) is 14.4. The van der Waals surface area contributed by atoms with Crippen molar-refractivity contribution in [2.24, 2.45) is 11.8 Å². The molecule has 1 saturated heterocycles. The van der Waals surface area contributed by atoms with Crippen LogP contribution in [0.5, 0.6) is 0 Å². The molecule has 6 heteroatoms. The Labute approximate surface area is 133 Å². The Kier molecular flexibility index (Phi) is 5.97. The van der Waals surface area contributed by atoms with Crippen LogP contribution in [0.2, 0.25) is 0 Å². The quantitative estimate of drug-likeness (QED) is 0.871. The van der Waals surface area contributed by atoms with Crippen molar-refractivity contribution in [3.05, 3.63) is 35.4 Å². The normalized spacial score (nSPS) is 23.6. The van der Waals surface area contributed by atoms with Gasteiger partial charge in [0.25, 0.3) is 10.2 Å². The predicted molar refractivity (Wildman–Crippen MR) is 87.4 cm³/mol. The molecular weight excluding hydrogens is 300 g/mol. The highest BCUT2D eigenvalue weighted by Crippen LogP contribution is 2.22. The Hall–Kier alpha value is -0.950. The number of hydrogen-bond donors (Lipinski definition) is 1. The summed E-state index contributed by atoms with van der Waals surface area (Å²) in [5, 5.41) is 0. The third-order valence-electron chi connectivity index (χ3n) is 3.94. The van der Waals surface area contributed by atoms with Gasteiger partial charge in [-0.05, 0) is 29.4 Å². The third-order valence-corrected chi connectivity index (χ3v) is 5.42. The Morgan fingerprint density at radius 1 is 1.23 bits per heavy atom.